The van der Waals surface area contributed by atoms with Crippen LogP contribution in [0.2, 0.25) is 0 Å². The largest absolute Gasteiger partial charge is 0.505 e. The minimum Gasteiger partial charge on any atom is -0.505 e. The highest BCUT2D eigenvalue weighted by atomic mass is 16.6. The Morgan fingerprint density at radius 2 is 1.74 bits per heavy atom. The lowest BCUT2D eigenvalue weighted by molar-refractivity contribution is -0.313. The third-order valence-electron chi connectivity index (χ3n) is 3.86. The fraction of sp³-hybridized carbons (Fsp3) is 0.600. The van der Waals surface area contributed by atoms with E-state index in [0.717, 1.165) is 0 Å². The van der Waals surface area contributed by atoms with E-state index < -0.39 is 17.7 Å². The first-order valence-electron chi connectivity index (χ1n) is 7.39. The molecular weight excluding hydrogens is 304 g/mol. The predicted molar refractivity (Wildman–Crippen MR) is 82.5 cm³/mol. The first-order valence-corrected chi connectivity index (χ1v) is 7.39. The summed E-state index contributed by atoms with van der Waals surface area (Å²) >= 11 is 0. The average molecular weight is 328 g/mol. The van der Waals surface area contributed by atoms with Gasteiger partial charge < -0.3 is 36.0 Å². The fourth-order valence-corrected chi connectivity index (χ4v) is 2.96. The molecule has 0 aromatic heterocycles. The van der Waals surface area contributed by atoms with Gasteiger partial charge in [0, 0.05) is 12.8 Å². The van der Waals surface area contributed by atoms with Crippen molar-refractivity contribution in [2.75, 3.05) is 5.73 Å². The zero-order chi connectivity index (χ0) is 17.6. The van der Waals surface area contributed by atoms with E-state index in [1.54, 1.807) is 26.8 Å². The summed E-state index contributed by atoms with van der Waals surface area (Å²) in [6.45, 7) is 5.23. The van der Waals surface area contributed by atoms with Crippen molar-refractivity contribution in [3.05, 3.63) is 17.2 Å². The zero-order valence-corrected chi connectivity index (χ0v) is 13.4. The van der Waals surface area contributed by atoms with Crippen LogP contribution < -0.4 is 15.8 Å². The summed E-state index contributed by atoms with van der Waals surface area (Å²) in [5.41, 5.74) is 6.88. The van der Waals surface area contributed by atoms with Crippen molar-refractivity contribution >= 4 is 5.69 Å². The molecule has 0 spiro atoms. The molecule has 0 aliphatic carbocycles. The zero-order valence-electron chi connectivity index (χ0n) is 13.4. The predicted octanol–water partition coefficient (Wildman–Crippen LogP) is -0.186. The molecule has 0 radical (unpaired) electrons. The number of piperidine rings is 1. The molecule has 0 unspecified atom stereocenters. The third-order valence-corrected chi connectivity index (χ3v) is 3.86. The second-order valence-corrected chi connectivity index (χ2v) is 6.38. The lowest BCUT2D eigenvalue weighted by atomic mass is 9.83. The molecule has 1 heterocycles. The first-order chi connectivity index (χ1) is 10.4. The molecule has 1 aromatic carbocycles. The van der Waals surface area contributed by atoms with E-state index in [-0.39, 0.29) is 36.1 Å². The van der Waals surface area contributed by atoms with Gasteiger partial charge in [-0.25, -0.2) is 5.32 Å². The minimum atomic E-state index is -2.45. The van der Waals surface area contributed by atoms with Crippen LogP contribution >= 0.6 is 0 Å². The second-order valence-electron chi connectivity index (χ2n) is 6.38. The highest BCUT2D eigenvalue weighted by Gasteiger charge is 2.45. The van der Waals surface area contributed by atoms with E-state index in [9.17, 15) is 25.5 Å². The lowest BCUT2D eigenvalue weighted by Crippen LogP contribution is -2.63. The highest BCUT2D eigenvalue weighted by molar-refractivity contribution is 5.67. The number of nitrogen functional groups attached to an aromatic ring is 1. The minimum absolute atomic E-state index is 0.0902. The van der Waals surface area contributed by atoms with Crippen LogP contribution in [-0.4, -0.2) is 43.5 Å². The highest BCUT2D eigenvalue weighted by Crippen LogP contribution is 2.44. The van der Waals surface area contributed by atoms with Crippen LogP contribution in [0.15, 0.2) is 6.07 Å². The number of ether oxygens (including phenoxy) is 1. The molecular formula is C15H24N2O6. The van der Waals surface area contributed by atoms with E-state index in [0.29, 0.717) is 11.1 Å². The third kappa shape index (κ3) is 3.85. The summed E-state index contributed by atoms with van der Waals surface area (Å²) < 4.78 is 5.57. The smallest absolute Gasteiger partial charge is 0.227 e. The van der Waals surface area contributed by atoms with Crippen LogP contribution in [0.1, 0.15) is 43.7 Å². The van der Waals surface area contributed by atoms with Crippen LogP contribution in [-0.2, 0) is 0 Å². The molecule has 1 fully saturated rings. The van der Waals surface area contributed by atoms with Gasteiger partial charge in [-0.05, 0) is 43.9 Å². The Morgan fingerprint density at radius 1 is 1.22 bits per heavy atom. The van der Waals surface area contributed by atoms with Crippen LogP contribution in [0, 0.1) is 6.92 Å². The number of nitrogens with one attached hydrogen (secondary N) is 1. The van der Waals surface area contributed by atoms with Crippen molar-refractivity contribution in [1.82, 2.24) is 5.32 Å². The Labute approximate surface area is 134 Å². The molecule has 2 rings (SSSR count). The molecule has 0 saturated carbocycles. The van der Waals surface area contributed by atoms with Crippen molar-refractivity contribution < 1.29 is 30.3 Å². The van der Waals surface area contributed by atoms with Gasteiger partial charge in [0.2, 0.25) is 11.8 Å². The number of anilines is 1. The maximum Gasteiger partial charge on any atom is 0.227 e. The number of hydrogen-bond acceptors (Lipinski definition) is 8. The van der Waals surface area contributed by atoms with E-state index in [2.05, 4.69) is 0 Å². The number of hydrogen-bond donors (Lipinski definition) is 7. The molecule has 8 nitrogen and oxygen atoms in total. The molecule has 1 saturated heterocycles. The standard InChI is InChI=1S/C15H24N2O6/c1-7(2)23-11-4-10(8(3)13(18)12(11)16)9-5-14(19,20)17-15(21,22)6-9/h4,7,9,17-22H,5-6,16H2,1-3H3. The monoisotopic (exact) mass is 328 g/mol. The summed E-state index contributed by atoms with van der Waals surface area (Å²) in [5.74, 6) is -5.44. The van der Waals surface area contributed by atoms with Crippen molar-refractivity contribution in [2.45, 2.75) is 57.5 Å². The van der Waals surface area contributed by atoms with E-state index in [1.807, 2.05) is 5.32 Å². The molecule has 1 aliphatic heterocycles. The van der Waals surface area contributed by atoms with E-state index >= 15 is 0 Å². The summed E-state index contributed by atoms with van der Waals surface area (Å²) in [6, 6.07) is 1.59. The Kier molecular flexibility index (Phi) is 4.49. The lowest BCUT2D eigenvalue weighted by Gasteiger charge is -2.41. The maximum atomic E-state index is 10.2. The van der Waals surface area contributed by atoms with Crippen molar-refractivity contribution in [3.8, 4) is 11.5 Å². The van der Waals surface area contributed by atoms with Crippen LogP contribution in [0.25, 0.3) is 0 Å². The molecule has 0 atom stereocenters. The Morgan fingerprint density at radius 3 is 2.22 bits per heavy atom. The molecule has 8 N–H and O–H groups in total. The first kappa shape index (κ1) is 17.8. The number of phenolic OH excluding ortho intramolecular Hbond substituents is 1. The second kappa shape index (κ2) is 5.81. The maximum absolute atomic E-state index is 10.2. The SMILES string of the molecule is Cc1c(C2CC(O)(O)NC(O)(O)C2)cc(OC(C)C)c(N)c1O. The van der Waals surface area contributed by atoms with Gasteiger partial charge in [0.05, 0.1) is 6.10 Å². The molecule has 130 valence electrons. The summed E-state index contributed by atoms with van der Waals surface area (Å²) in [4.78, 5) is 0. The molecule has 8 heteroatoms. The van der Waals surface area contributed by atoms with Gasteiger partial charge in [0.25, 0.3) is 0 Å². The van der Waals surface area contributed by atoms with Gasteiger partial charge in [0.15, 0.2) is 0 Å². The quantitative estimate of drug-likeness (QED) is 0.229. The molecule has 0 bridgehead atoms. The van der Waals surface area contributed by atoms with Gasteiger partial charge in [-0.1, -0.05) is 0 Å². The number of phenols is 1. The number of nitrogens with two attached hydrogens (primary N) is 1. The van der Waals surface area contributed by atoms with Gasteiger partial charge in [-0.2, -0.15) is 0 Å². The number of benzene rings is 1. The van der Waals surface area contributed by atoms with Gasteiger partial charge in [-0.3, -0.25) is 0 Å². The van der Waals surface area contributed by atoms with Crippen LogP contribution in [0.5, 0.6) is 11.5 Å². The number of aliphatic hydroxyl groups is 4. The van der Waals surface area contributed by atoms with Gasteiger partial charge in [0.1, 0.15) is 17.2 Å². The average Bonchev–Trinajstić information content (AvgIpc) is 2.35. The van der Waals surface area contributed by atoms with Crippen molar-refractivity contribution in [3.63, 3.8) is 0 Å². The number of rotatable bonds is 3. The summed E-state index contributed by atoms with van der Waals surface area (Å²) in [7, 11) is 0. The van der Waals surface area contributed by atoms with Crippen LogP contribution in [0.4, 0.5) is 5.69 Å². The molecule has 1 aliphatic rings. The van der Waals surface area contributed by atoms with Crippen molar-refractivity contribution in [1.29, 1.82) is 0 Å². The number of aromatic hydroxyl groups is 1. The van der Waals surface area contributed by atoms with Crippen LogP contribution in [0.3, 0.4) is 0 Å². The Balaban J connectivity index is 2.48. The normalized spacial score (nSPS) is 20.7. The Bertz CT molecular complexity index is 584. The summed E-state index contributed by atoms with van der Waals surface area (Å²) in [6.07, 6.45) is -0.563. The molecule has 0 amide bonds. The fourth-order valence-electron chi connectivity index (χ4n) is 2.96. The van der Waals surface area contributed by atoms with E-state index in [1.165, 1.54) is 0 Å². The summed E-state index contributed by atoms with van der Waals surface area (Å²) in [5, 5.41) is 51.2. The molecule has 1 aromatic rings. The van der Waals surface area contributed by atoms with E-state index in [4.69, 9.17) is 10.5 Å². The van der Waals surface area contributed by atoms with Crippen molar-refractivity contribution in [2.24, 2.45) is 0 Å². The van der Waals surface area contributed by atoms with Gasteiger partial charge >= 0.3 is 0 Å². The van der Waals surface area contributed by atoms with Gasteiger partial charge in [-0.15, -0.1) is 0 Å². The molecule has 23 heavy (non-hydrogen) atoms. The topological polar surface area (TPSA) is 148 Å². The Hall–Kier alpha value is -1.58.